The normalized spacial score (nSPS) is 13.5. The van der Waals surface area contributed by atoms with Crippen molar-refractivity contribution in [1.29, 1.82) is 0 Å². The fourth-order valence-corrected chi connectivity index (χ4v) is 8.20. The van der Waals surface area contributed by atoms with Crippen molar-refractivity contribution in [2.45, 2.75) is 258 Å². The van der Waals surface area contributed by atoms with E-state index in [0.717, 1.165) is 38.5 Å². The van der Waals surface area contributed by atoms with Crippen LogP contribution < -0.4 is 4.89 Å². The van der Waals surface area contributed by atoms with E-state index in [1.54, 1.807) is 0 Å². The van der Waals surface area contributed by atoms with Crippen molar-refractivity contribution in [3.05, 3.63) is 12.2 Å². The average molecular weight is 886 g/mol. The Kier molecular flexibility index (Phi) is 43.1. The van der Waals surface area contributed by atoms with Gasteiger partial charge in [-0.05, 0) is 38.5 Å². The molecule has 61 heavy (non-hydrogen) atoms. The lowest BCUT2D eigenvalue weighted by Gasteiger charge is -2.28. The van der Waals surface area contributed by atoms with Crippen LogP contribution in [0.15, 0.2) is 12.2 Å². The summed E-state index contributed by atoms with van der Waals surface area (Å²) >= 11 is 0. The molecule has 0 N–H and O–H groups in total. The van der Waals surface area contributed by atoms with E-state index >= 15 is 0 Å². The molecule has 0 fully saturated rings. The van der Waals surface area contributed by atoms with Crippen LogP contribution in [0.2, 0.25) is 0 Å². The minimum Gasteiger partial charge on any atom is -0.756 e. The number of allylic oxidation sites excluding steroid dienone is 2. The van der Waals surface area contributed by atoms with E-state index < -0.39 is 26.5 Å². The topological polar surface area (TPSA) is 111 Å². The molecule has 0 bridgehead atoms. The van der Waals surface area contributed by atoms with Crippen molar-refractivity contribution in [2.75, 3.05) is 47.5 Å². The highest BCUT2D eigenvalue weighted by Gasteiger charge is 2.21. The Morgan fingerprint density at radius 3 is 1.21 bits per heavy atom. The number of hydrogen-bond acceptors (Lipinski definition) is 8. The van der Waals surface area contributed by atoms with Gasteiger partial charge in [0.05, 0.1) is 27.7 Å². The van der Waals surface area contributed by atoms with E-state index in [2.05, 4.69) is 26.0 Å². The smallest absolute Gasteiger partial charge is 0.306 e. The molecule has 0 radical (unpaired) electrons. The second kappa shape index (κ2) is 44.0. The third-order valence-corrected chi connectivity index (χ3v) is 12.5. The van der Waals surface area contributed by atoms with E-state index in [1.807, 2.05) is 21.1 Å². The van der Waals surface area contributed by atoms with Gasteiger partial charge in [-0.15, -0.1) is 0 Å². The number of unbranched alkanes of at least 4 members (excludes halogenated alkanes) is 32. The third kappa shape index (κ3) is 48.1. The SMILES string of the molecule is CCCCCCCCCC/C=C\CCCCCCCCCCCC(=O)OC(COC(=O)CCCCCCCCCCCCCCCCCC)COP(=O)([O-])OCC[N+](C)(C)C. The first-order valence-electron chi connectivity index (χ1n) is 25.9. The predicted octanol–water partition coefficient (Wildman–Crippen LogP) is 14.7. The van der Waals surface area contributed by atoms with Gasteiger partial charge in [0, 0.05) is 12.8 Å². The van der Waals surface area contributed by atoms with Gasteiger partial charge in [-0.2, -0.15) is 0 Å². The zero-order valence-corrected chi connectivity index (χ0v) is 41.8. The molecule has 2 unspecified atom stereocenters. The highest BCUT2D eigenvalue weighted by molar-refractivity contribution is 7.45. The lowest BCUT2D eigenvalue weighted by molar-refractivity contribution is -0.870. The maximum absolute atomic E-state index is 12.7. The first-order chi connectivity index (χ1) is 29.5. The molecular weight excluding hydrogens is 786 g/mol. The van der Waals surface area contributed by atoms with Gasteiger partial charge >= 0.3 is 11.9 Å². The second-order valence-electron chi connectivity index (χ2n) is 18.9. The van der Waals surface area contributed by atoms with E-state index in [9.17, 15) is 19.0 Å². The molecule has 2 atom stereocenters. The molecule has 0 aliphatic carbocycles. The average Bonchev–Trinajstić information content (AvgIpc) is 3.21. The number of carbonyl (C=O) groups excluding carboxylic acids is 2. The first-order valence-corrected chi connectivity index (χ1v) is 27.4. The number of hydrogen-bond donors (Lipinski definition) is 0. The van der Waals surface area contributed by atoms with Crippen LogP contribution in [0.1, 0.15) is 251 Å². The van der Waals surface area contributed by atoms with Crippen molar-refractivity contribution in [1.82, 2.24) is 0 Å². The van der Waals surface area contributed by atoms with Crippen LogP contribution >= 0.6 is 7.82 Å². The Morgan fingerprint density at radius 1 is 0.492 bits per heavy atom. The predicted molar refractivity (Wildman–Crippen MR) is 255 cm³/mol. The summed E-state index contributed by atoms with van der Waals surface area (Å²) in [5.41, 5.74) is 0. The maximum Gasteiger partial charge on any atom is 0.306 e. The van der Waals surface area contributed by atoms with Crippen LogP contribution in [0.3, 0.4) is 0 Å². The number of nitrogens with zero attached hydrogens (tertiary/aromatic N) is 1. The third-order valence-electron chi connectivity index (χ3n) is 11.5. The van der Waals surface area contributed by atoms with Crippen molar-refractivity contribution in [3.63, 3.8) is 0 Å². The molecule has 10 heteroatoms. The molecule has 0 amide bonds. The Bertz CT molecular complexity index is 1050. The zero-order chi connectivity index (χ0) is 45.0. The molecule has 0 rings (SSSR count). The van der Waals surface area contributed by atoms with E-state index in [4.69, 9.17) is 18.5 Å². The summed E-state index contributed by atoms with van der Waals surface area (Å²) < 4.78 is 34.1. The van der Waals surface area contributed by atoms with Crippen molar-refractivity contribution in [2.24, 2.45) is 0 Å². The molecule has 0 aliphatic heterocycles. The van der Waals surface area contributed by atoms with Crippen LogP contribution in [0, 0.1) is 0 Å². The van der Waals surface area contributed by atoms with Gasteiger partial charge in [0.25, 0.3) is 7.82 Å². The Morgan fingerprint density at radius 2 is 0.836 bits per heavy atom. The summed E-state index contributed by atoms with van der Waals surface area (Å²) in [4.78, 5) is 37.7. The quantitative estimate of drug-likeness (QED) is 0.0195. The van der Waals surface area contributed by atoms with Gasteiger partial charge in [-0.3, -0.25) is 14.2 Å². The summed E-state index contributed by atoms with van der Waals surface area (Å²) in [6.07, 6.45) is 48.1. The standard InChI is InChI=1S/C51H100NO8P/c1-6-8-10-12-14-16-18-20-22-24-25-26-27-28-30-32-34-36-38-40-42-44-51(54)60-49(48-59-61(55,56)58-46-45-52(3,4)5)47-57-50(53)43-41-39-37-35-33-31-29-23-21-19-17-15-13-11-9-7-2/h24-25,49H,6-23,26-48H2,1-5H3/b25-24-. The molecule has 0 aromatic carbocycles. The lowest BCUT2D eigenvalue weighted by atomic mass is 10.0. The van der Waals surface area contributed by atoms with Crippen LogP contribution in [-0.2, 0) is 32.7 Å². The van der Waals surface area contributed by atoms with Gasteiger partial charge in [-0.25, -0.2) is 0 Å². The van der Waals surface area contributed by atoms with Gasteiger partial charge in [-0.1, -0.05) is 212 Å². The molecule has 0 heterocycles. The zero-order valence-electron chi connectivity index (χ0n) is 40.9. The molecule has 0 saturated carbocycles. The number of esters is 2. The van der Waals surface area contributed by atoms with Crippen LogP contribution in [-0.4, -0.2) is 70.0 Å². The van der Waals surface area contributed by atoms with Crippen LogP contribution in [0.4, 0.5) is 0 Å². The van der Waals surface area contributed by atoms with Crippen LogP contribution in [0.5, 0.6) is 0 Å². The number of quaternary nitrogens is 1. The number of ether oxygens (including phenoxy) is 2. The van der Waals surface area contributed by atoms with Gasteiger partial charge in [0.15, 0.2) is 6.10 Å². The molecule has 0 saturated heterocycles. The van der Waals surface area contributed by atoms with Crippen molar-refractivity contribution < 1.29 is 42.1 Å². The van der Waals surface area contributed by atoms with Gasteiger partial charge in [0.1, 0.15) is 19.8 Å². The minimum atomic E-state index is -4.62. The molecular formula is C51H100NO8P. The van der Waals surface area contributed by atoms with E-state index in [0.29, 0.717) is 17.4 Å². The Balaban J connectivity index is 4.21. The van der Waals surface area contributed by atoms with E-state index in [1.165, 1.54) is 180 Å². The number of rotatable bonds is 48. The summed E-state index contributed by atoms with van der Waals surface area (Å²) in [7, 11) is 1.18. The summed E-state index contributed by atoms with van der Waals surface area (Å²) in [6.45, 7) is 4.28. The molecule has 0 aromatic rings. The fraction of sp³-hybridized carbons (Fsp3) is 0.922. The Labute approximate surface area is 377 Å². The summed E-state index contributed by atoms with van der Waals surface area (Å²) in [6, 6.07) is 0. The number of phosphoric acid groups is 1. The molecule has 362 valence electrons. The molecule has 0 aromatic heterocycles. The first kappa shape index (κ1) is 59.8. The minimum absolute atomic E-state index is 0.0277. The van der Waals surface area contributed by atoms with E-state index in [-0.39, 0.29) is 32.0 Å². The maximum atomic E-state index is 12.7. The molecule has 0 aliphatic rings. The number of phosphoric ester groups is 1. The van der Waals surface area contributed by atoms with Crippen LogP contribution in [0.25, 0.3) is 0 Å². The Hall–Kier alpha value is -1.25. The summed E-state index contributed by atoms with van der Waals surface area (Å²) in [5.74, 6) is -0.821. The fourth-order valence-electron chi connectivity index (χ4n) is 7.48. The summed E-state index contributed by atoms with van der Waals surface area (Å²) in [5, 5.41) is 0. The molecule has 9 nitrogen and oxygen atoms in total. The van der Waals surface area contributed by atoms with Crippen molar-refractivity contribution in [3.8, 4) is 0 Å². The number of likely N-dealkylation sites (N-methyl/N-ethyl adjacent to an activating group) is 1. The molecule has 0 spiro atoms. The monoisotopic (exact) mass is 886 g/mol. The second-order valence-corrected chi connectivity index (χ2v) is 20.3. The van der Waals surface area contributed by atoms with Gasteiger partial charge < -0.3 is 27.9 Å². The highest BCUT2D eigenvalue weighted by Crippen LogP contribution is 2.38. The lowest BCUT2D eigenvalue weighted by Crippen LogP contribution is -2.37. The van der Waals surface area contributed by atoms with Crippen molar-refractivity contribution >= 4 is 19.8 Å². The highest BCUT2D eigenvalue weighted by atomic mass is 31.2. The largest absolute Gasteiger partial charge is 0.756 e. The number of carbonyl (C=O) groups is 2. The van der Waals surface area contributed by atoms with Gasteiger partial charge in [0.2, 0.25) is 0 Å².